The van der Waals surface area contributed by atoms with E-state index >= 15 is 0 Å². The number of hydrogen-bond acceptors (Lipinski definition) is 2. The number of rotatable bonds is 2. The summed E-state index contributed by atoms with van der Waals surface area (Å²) >= 11 is 0. The molecule has 0 aliphatic rings. The maximum absolute atomic E-state index is 12.1. The molecule has 0 saturated heterocycles. The molecule has 0 unspecified atom stereocenters. The summed E-state index contributed by atoms with van der Waals surface area (Å²) in [6, 6.07) is 17.1. The Kier molecular flexibility index (Phi) is 3.21. The van der Waals surface area contributed by atoms with Gasteiger partial charge in [0.1, 0.15) is 11.3 Å². The van der Waals surface area contributed by atoms with Gasteiger partial charge < -0.3 is 4.42 Å². The molecule has 0 spiro atoms. The number of aryl methyl sites for hydroxylation is 1. The minimum absolute atomic E-state index is 0.0114. The molecule has 0 saturated carbocycles. The molecule has 0 bridgehead atoms. The Morgan fingerprint density at radius 3 is 2.55 bits per heavy atom. The van der Waals surface area contributed by atoms with E-state index in [1.165, 1.54) is 6.07 Å². The van der Waals surface area contributed by atoms with E-state index in [1.54, 1.807) is 0 Å². The van der Waals surface area contributed by atoms with E-state index < -0.39 is 0 Å². The molecule has 0 N–H and O–H groups in total. The van der Waals surface area contributed by atoms with Crippen LogP contribution in [0.15, 0.2) is 63.8 Å². The molecule has 0 aliphatic heterocycles. The van der Waals surface area contributed by atoms with E-state index in [1.807, 2.05) is 67.6 Å². The molecule has 3 rings (SSSR count). The lowest BCUT2D eigenvalue weighted by Crippen LogP contribution is -2.00. The summed E-state index contributed by atoms with van der Waals surface area (Å²) in [5.41, 5.74) is 2.73. The van der Waals surface area contributed by atoms with Gasteiger partial charge in [-0.05, 0) is 30.7 Å². The van der Waals surface area contributed by atoms with Crippen LogP contribution in [0, 0.1) is 6.92 Å². The minimum atomic E-state index is -0.0114. The SMILES string of the molecule is Cc1ccc2oc(/C=C/c3ccccc3)cc(=O)c2c1. The zero-order valence-electron chi connectivity index (χ0n) is 11.2. The van der Waals surface area contributed by atoms with Gasteiger partial charge in [-0.3, -0.25) is 4.79 Å². The van der Waals surface area contributed by atoms with Gasteiger partial charge in [-0.2, -0.15) is 0 Å². The van der Waals surface area contributed by atoms with Crippen molar-refractivity contribution in [2.45, 2.75) is 6.92 Å². The first-order valence-corrected chi connectivity index (χ1v) is 6.50. The van der Waals surface area contributed by atoms with Crippen LogP contribution >= 0.6 is 0 Å². The molecule has 0 amide bonds. The Bertz CT molecular complexity index is 827. The van der Waals surface area contributed by atoms with Crippen LogP contribution in [0.1, 0.15) is 16.9 Å². The van der Waals surface area contributed by atoms with Gasteiger partial charge in [0.15, 0.2) is 5.43 Å². The van der Waals surface area contributed by atoms with E-state index in [4.69, 9.17) is 4.42 Å². The Balaban J connectivity index is 2.03. The summed E-state index contributed by atoms with van der Waals surface area (Å²) in [4.78, 5) is 12.1. The van der Waals surface area contributed by atoms with E-state index in [9.17, 15) is 4.79 Å². The summed E-state index contributed by atoms with van der Waals surface area (Å²) in [5, 5.41) is 0.627. The summed E-state index contributed by atoms with van der Waals surface area (Å²) in [6.07, 6.45) is 3.74. The van der Waals surface area contributed by atoms with Gasteiger partial charge in [-0.15, -0.1) is 0 Å². The second kappa shape index (κ2) is 5.17. The fourth-order valence-electron chi connectivity index (χ4n) is 2.11. The highest BCUT2D eigenvalue weighted by molar-refractivity contribution is 5.79. The van der Waals surface area contributed by atoms with Crippen molar-refractivity contribution in [3.8, 4) is 0 Å². The summed E-state index contributed by atoms with van der Waals surface area (Å²) < 4.78 is 5.73. The molecule has 2 nitrogen and oxygen atoms in total. The van der Waals surface area contributed by atoms with Crippen molar-refractivity contribution in [3.05, 3.63) is 81.7 Å². The van der Waals surface area contributed by atoms with Crippen LogP contribution in [0.2, 0.25) is 0 Å². The van der Waals surface area contributed by atoms with E-state index in [2.05, 4.69) is 0 Å². The Labute approximate surface area is 117 Å². The third-order valence-electron chi connectivity index (χ3n) is 3.14. The molecule has 98 valence electrons. The third kappa shape index (κ3) is 2.54. The van der Waals surface area contributed by atoms with Crippen molar-refractivity contribution >= 4 is 23.1 Å². The first-order valence-electron chi connectivity index (χ1n) is 6.50. The highest BCUT2D eigenvalue weighted by atomic mass is 16.3. The molecule has 0 radical (unpaired) electrons. The van der Waals surface area contributed by atoms with Gasteiger partial charge in [0, 0.05) is 6.07 Å². The van der Waals surface area contributed by atoms with Crippen LogP contribution in [-0.2, 0) is 0 Å². The maximum atomic E-state index is 12.1. The van der Waals surface area contributed by atoms with Gasteiger partial charge >= 0.3 is 0 Å². The molecule has 2 aromatic carbocycles. The van der Waals surface area contributed by atoms with Crippen molar-refractivity contribution in [3.63, 3.8) is 0 Å². The van der Waals surface area contributed by atoms with E-state index in [0.717, 1.165) is 11.1 Å². The van der Waals surface area contributed by atoms with Crippen molar-refractivity contribution in [1.82, 2.24) is 0 Å². The topological polar surface area (TPSA) is 30.2 Å². The standard InChI is InChI=1S/C18H14O2/c1-13-7-10-18-16(11-13)17(19)12-15(20-18)9-8-14-5-3-2-4-6-14/h2-12H,1H3/b9-8+. The molecule has 2 heteroatoms. The molecule has 1 heterocycles. The molecule has 0 aliphatic carbocycles. The Morgan fingerprint density at radius 1 is 0.950 bits per heavy atom. The van der Waals surface area contributed by atoms with Crippen LogP contribution in [0.25, 0.3) is 23.1 Å². The van der Waals surface area contributed by atoms with Crippen LogP contribution in [0.4, 0.5) is 0 Å². The van der Waals surface area contributed by atoms with Gasteiger partial charge in [0.05, 0.1) is 5.39 Å². The van der Waals surface area contributed by atoms with E-state index in [0.29, 0.717) is 16.7 Å². The zero-order valence-corrected chi connectivity index (χ0v) is 11.2. The lowest BCUT2D eigenvalue weighted by molar-refractivity contribution is 0.591. The van der Waals surface area contributed by atoms with E-state index in [-0.39, 0.29) is 5.43 Å². The highest BCUT2D eigenvalue weighted by Crippen LogP contribution is 2.15. The number of hydrogen-bond donors (Lipinski definition) is 0. The monoisotopic (exact) mass is 262 g/mol. The average Bonchev–Trinajstić information content (AvgIpc) is 2.47. The van der Waals surface area contributed by atoms with Gasteiger partial charge in [-0.25, -0.2) is 0 Å². The molecule has 3 aromatic rings. The van der Waals surface area contributed by atoms with Crippen molar-refractivity contribution in [1.29, 1.82) is 0 Å². The van der Waals surface area contributed by atoms with Crippen LogP contribution < -0.4 is 5.43 Å². The van der Waals surface area contributed by atoms with Crippen molar-refractivity contribution in [2.24, 2.45) is 0 Å². The number of fused-ring (bicyclic) bond motifs is 1. The van der Waals surface area contributed by atoms with Crippen LogP contribution in [0.5, 0.6) is 0 Å². The molecule has 0 fully saturated rings. The Hall–Kier alpha value is -2.61. The number of benzene rings is 2. The first-order chi connectivity index (χ1) is 9.72. The second-order valence-electron chi connectivity index (χ2n) is 4.76. The summed E-state index contributed by atoms with van der Waals surface area (Å²) in [7, 11) is 0. The van der Waals surface area contributed by atoms with Crippen LogP contribution in [-0.4, -0.2) is 0 Å². The van der Waals surface area contributed by atoms with Gasteiger partial charge in [0.25, 0.3) is 0 Å². The smallest absolute Gasteiger partial charge is 0.193 e. The molecular formula is C18H14O2. The largest absolute Gasteiger partial charge is 0.456 e. The quantitative estimate of drug-likeness (QED) is 0.690. The first kappa shape index (κ1) is 12.4. The van der Waals surface area contributed by atoms with Crippen molar-refractivity contribution < 1.29 is 4.42 Å². The van der Waals surface area contributed by atoms with Crippen LogP contribution in [0.3, 0.4) is 0 Å². The Morgan fingerprint density at radius 2 is 1.75 bits per heavy atom. The second-order valence-corrected chi connectivity index (χ2v) is 4.76. The molecule has 20 heavy (non-hydrogen) atoms. The predicted molar refractivity (Wildman–Crippen MR) is 82.6 cm³/mol. The van der Waals surface area contributed by atoms with Gasteiger partial charge in [0.2, 0.25) is 0 Å². The molecule has 0 atom stereocenters. The fourth-order valence-corrected chi connectivity index (χ4v) is 2.11. The lowest BCUT2D eigenvalue weighted by atomic mass is 10.1. The predicted octanol–water partition coefficient (Wildman–Crippen LogP) is 4.27. The third-order valence-corrected chi connectivity index (χ3v) is 3.14. The summed E-state index contributed by atoms with van der Waals surface area (Å²) in [5.74, 6) is 0.565. The van der Waals surface area contributed by atoms with Gasteiger partial charge in [-0.1, -0.05) is 48.0 Å². The average molecular weight is 262 g/mol. The molecular weight excluding hydrogens is 248 g/mol. The fraction of sp³-hybridized carbons (Fsp3) is 0.0556. The summed E-state index contributed by atoms with van der Waals surface area (Å²) in [6.45, 7) is 1.96. The van der Waals surface area contributed by atoms with Crippen molar-refractivity contribution in [2.75, 3.05) is 0 Å². The molecule has 1 aromatic heterocycles. The minimum Gasteiger partial charge on any atom is -0.456 e. The normalized spacial score (nSPS) is 11.2. The lowest BCUT2D eigenvalue weighted by Gasteiger charge is -2.00. The maximum Gasteiger partial charge on any atom is 0.193 e. The zero-order chi connectivity index (χ0) is 13.9. The highest BCUT2D eigenvalue weighted by Gasteiger charge is 2.02.